The summed E-state index contributed by atoms with van der Waals surface area (Å²) in [6.45, 7) is 0. The van der Waals surface area contributed by atoms with Crippen molar-refractivity contribution in [3.05, 3.63) is 54.5 Å². The largest absolute Gasteiger partial charge is 0.280 e. The first kappa shape index (κ1) is 10.1. The fourth-order valence-corrected chi connectivity index (χ4v) is 1.15. The van der Waals surface area contributed by atoms with Gasteiger partial charge < -0.3 is 0 Å². The van der Waals surface area contributed by atoms with Crippen molar-refractivity contribution in [1.82, 2.24) is 15.4 Å². The predicted octanol–water partition coefficient (Wildman–Crippen LogP) is 1.23. The van der Waals surface area contributed by atoms with Crippen molar-refractivity contribution in [3.63, 3.8) is 0 Å². The van der Waals surface area contributed by atoms with Gasteiger partial charge in [-0.05, 0) is 12.1 Å². The van der Waals surface area contributed by atoms with Gasteiger partial charge in [-0.1, -0.05) is 18.2 Å². The molecule has 0 unspecified atom stereocenters. The van der Waals surface area contributed by atoms with Crippen LogP contribution in [0.3, 0.4) is 0 Å². The lowest BCUT2D eigenvalue weighted by atomic mass is 10.2. The number of nitrogens with one attached hydrogen (secondary N) is 2. The summed E-state index contributed by atoms with van der Waals surface area (Å²) in [4.78, 5) is 19.4. The summed E-state index contributed by atoms with van der Waals surface area (Å²) >= 11 is 0. The molecule has 16 heavy (non-hydrogen) atoms. The molecular weight excluding hydrogens is 204 g/mol. The van der Waals surface area contributed by atoms with Gasteiger partial charge in [0.15, 0.2) is 5.82 Å². The van der Waals surface area contributed by atoms with Crippen molar-refractivity contribution in [3.8, 4) is 0 Å². The smallest absolute Gasteiger partial charge is 0.269 e. The van der Waals surface area contributed by atoms with Gasteiger partial charge in [0.05, 0.1) is 6.20 Å². The number of hydrogen-bond donors (Lipinski definition) is 2. The Kier molecular flexibility index (Phi) is 3.08. The summed E-state index contributed by atoms with van der Waals surface area (Å²) < 4.78 is 0. The molecule has 2 rings (SSSR count). The quantitative estimate of drug-likeness (QED) is 0.754. The van der Waals surface area contributed by atoms with E-state index in [0.29, 0.717) is 11.4 Å². The second-order valence-electron chi connectivity index (χ2n) is 3.04. The molecule has 80 valence electrons. The van der Waals surface area contributed by atoms with Gasteiger partial charge in [0.1, 0.15) is 0 Å². The SMILES string of the molecule is O=C(NNc1cnccn1)c1ccccc1. The summed E-state index contributed by atoms with van der Waals surface area (Å²) in [6.07, 6.45) is 4.62. The van der Waals surface area contributed by atoms with Gasteiger partial charge in [-0.3, -0.25) is 20.6 Å². The van der Waals surface area contributed by atoms with Crippen molar-refractivity contribution in [1.29, 1.82) is 0 Å². The lowest BCUT2D eigenvalue weighted by molar-refractivity contribution is 0.0962. The third-order valence-corrected chi connectivity index (χ3v) is 1.90. The summed E-state index contributed by atoms with van der Waals surface area (Å²) in [6, 6.07) is 8.92. The standard InChI is InChI=1S/C11H10N4O/c16-11(9-4-2-1-3-5-9)15-14-10-8-12-6-7-13-10/h1-8H,(H,13,14)(H,15,16). The van der Waals surface area contributed by atoms with E-state index in [1.807, 2.05) is 6.07 Å². The molecule has 0 aliphatic heterocycles. The molecule has 0 fully saturated rings. The Bertz CT molecular complexity index is 458. The maximum atomic E-state index is 11.6. The van der Waals surface area contributed by atoms with Crippen LogP contribution < -0.4 is 10.9 Å². The average Bonchev–Trinajstić information content (AvgIpc) is 2.38. The highest BCUT2D eigenvalue weighted by molar-refractivity contribution is 5.94. The van der Waals surface area contributed by atoms with E-state index < -0.39 is 0 Å². The number of benzene rings is 1. The van der Waals surface area contributed by atoms with Gasteiger partial charge in [0.2, 0.25) is 0 Å². The molecule has 0 bridgehead atoms. The Morgan fingerprint density at radius 3 is 2.62 bits per heavy atom. The van der Waals surface area contributed by atoms with Gasteiger partial charge in [-0.25, -0.2) is 4.98 Å². The van der Waals surface area contributed by atoms with Crippen molar-refractivity contribution in [2.45, 2.75) is 0 Å². The second-order valence-corrected chi connectivity index (χ2v) is 3.04. The van der Waals surface area contributed by atoms with E-state index in [1.54, 1.807) is 30.5 Å². The van der Waals surface area contributed by atoms with Gasteiger partial charge in [0, 0.05) is 18.0 Å². The number of carbonyl (C=O) groups excluding carboxylic acids is 1. The number of hydrogen-bond acceptors (Lipinski definition) is 4. The van der Waals surface area contributed by atoms with Crippen LogP contribution in [0.4, 0.5) is 5.82 Å². The van der Waals surface area contributed by atoms with Crippen LogP contribution in [-0.2, 0) is 0 Å². The van der Waals surface area contributed by atoms with Crippen LogP contribution in [0.2, 0.25) is 0 Å². The number of aromatic nitrogens is 2. The molecule has 0 aliphatic rings. The van der Waals surface area contributed by atoms with Crippen LogP contribution in [-0.4, -0.2) is 15.9 Å². The molecule has 0 saturated heterocycles. The third-order valence-electron chi connectivity index (χ3n) is 1.90. The topological polar surface area (TPSA) is 66.9 Å². The fourth-order valence-electron chi connectivity index (χ4n) is 1.15. The van der Waals surface area contributed by atoms with E-state index in [2.05, 4.69) is 20.8 Å². The van der Waals surface area contributed by atoms with E-state index in [0.717, 1.165) is 0 Å². The predicted molar refractivity (Wildman–Crippen MR) is 59.6 cm³/mol. The lowest BCUT2D eigenvalue weighted by Gasteiger charge is -2.06. The minimum Gasteiger partial charge on any atom is -0.280 e. The summed E-state index contributed by atoms with van der Waals surface area (Å²) in [5.41, 5.74) is 5.78. The lowest BCUT2D eigenvalue weighted by Crippen LogP contribution is -2.29. The summed E-state index contributed by atoms with van der Waals surface area (Å²) in [5.74, 6) is 0.276. The summed E-state index contributed by atoms with van der Waals surface area (Å²) in [7, 11) is 0. The van der Waals surface area contributed by atoms with Crippen LogP contribution in [0.5, 0.6) is 0 Å². The molecule has 0 radical (unpaired) electrons. The Hall–Kier alpha value is -2.43. The highest BCUT2D eigenvalue weighted by Crippen LogP contribution is 1.99. The van der Waals surface area contributed by atoms with Crippen LogP contribution >= 0.6 is 0 Å². The normalized spacial score (nSPS) is 9.50. The Morgan fingerprint density at radius 2 is 1.94 bits per heavy atom. The number of rotatable bonds is 3. The van der Waals surface area contributed by atoms with Crippen LogP contribution in [0.1, 0.15) is 10.4 Å². The molecule has 0 aliphatic carbocycles. The highest BCUT2D eigenvalue weighted by atomic mass is 16.2. The van der Waals surface area contributed by atoms with E-state index in [4.69, 9.17) is 0 Å². The molecule has 5 heteroatoms. The van der Waals surface area contributed by atoms with E-state index in [-0.39, 0.29) is 5.91 Å². The summed E-state index contributed by atoms with van der Waals surface area (Å²) in [5, 5.41) is 0. The van der Waals surface area contributed by atoms with Crippen molar-refractivity contribution < 1.29 is 4.79 Å². The first-order valence-electron chi connectivity index (χ1n) is 4.74. The molecule has 2 aromatic rings. The number of carbonyl (C=O) groups is 1. The molecule has 2 N–H and O–H groups in total. The van der Waals surface area contributed by atoms with E-state index >= 15 is 0 Å². The maximum Gasteiger partial charge on any atom is 0.269 e. The molecule has 1 aromatic carbocycles. The first-order chi connectivity index (χ1) is 7.86. The number of anilines is 1. The zero-order chi connectivity index (χ0) is 11.2. The highest BCUT2D eigenvalue weighted by Gasteiger charge is 2.02. The number of amides is 1. The van der Waals surface area contributed by atoms with Gasteiger partial charge >= 0.3 is 0 Å². The van der Waals surface area contributed by atoms with E-state index in [1.165, 1.54) is 12.4 Å². The Morgan fingerprint density at radius 1 is 1.12 bits per heavy atom. The molecule has 1 aromatic heterocycles. The Balaban J connectivity index is 1.95. The molecule has 0 saturated carbocycles. The van der Waals surface area contributed by atoms with Crippen LogP contribution in [0.15, 0.2) is 48.9 Å². The maximum absolute atomic E-state index is 11.6. The van der Waals surface area contributed by atoms with E-state index in [9.17, 15) is 4.79 Å². The minimum absolute atomic E-state index is 0.216. The van der Waals surface area contributed by atoms with Crippen LogP contribution in [0.25, 0.3) is 0 Å². The second kappa shape index (κ2) is 4.88. The average molecular weight is 214 g/mol. The van der Waals surface area contributed by atoms with Crippen molar-refractivity contribution >= 4 is 11.7 Å². The molecule has 1 heterocycles. The third kappa shape index (κ3) is 2.54. The number of nitrogens with zero attached hydrogens (tertiary/aromatic N) is 2. The fraction of sp³-hybridized carbons (Fsp3) is 0. The molecule has 0 spiro atoms. The molecule has 1 amide bonds. The van der Waals surface area contributed by atoms with Gasteiger partial charge in [-0.15, -0.1) is 0 Å². The zero-order valence-electron chi connectivity index (χ0n) is 8.42. The zero-order valence-corrected chi connectivity index (χ0v) is 8.42. The number of hydrazine groups is 1. The molecular formula is C11H10N4O. The Labute approximate surface area is 92.5 Å². The van der Waals surface area contributed by atoms with Crippen LogP contribution in [0, 0.1) is 0 Å². The molecule has 0 atom stereocenters. The first-order valence-corrected chi connectivity index (χ1v) is 4.74. The minimum atomic E-state index is -0.216. The van der Waals surface area contributed by atoms with Gasteiger partial charge in [-0.2, -0.15) is 0 Å². The molecule has 5 nitrogen and oxygen atoms in total. The van der Waals surface area contributed by atoms with Crippen molar-refractivity contribution in [2.24, 2.45) is 0 Å². The van der Waals surface area contributed by atoms with Gasteiger partial charge in [0.25, 0.3) is 5.91 Å². The van der Waals surface area contributed by atoms with Crippen molar-refractivity contribution in [2.75, 3.05) is 5.43 Å². The monoisotopic (exact) mass is 214 g/mol.